The highest BCUT2D eigenvalue weighted by Gasteiger charge is 2.31. The molecule has 2 aromatic heterocycles. The van der Waals surface area contributed by atoms with Gasteiger partial charge in [-0.25, -0.2) is 0 Å². The number of nitrogens with zero attached hydrogens (tertiary/aromatic N) is 4. The van der Waals surface area contributed by atoms with Crippen LogP contribution in [0.25, 0.3) is 17.1 Å². The molecule has 0 aliphatic carbocycles. The Bertz CT molecular complexity index is 1320. The lowest BCUT2D eigenvalue weighted by atomic mass is 10.2. The molecule has 34 heavy (non-hydrogen) atoms. The van der Waals surface area contributed by atoms with Crippen molar-refractivity contribution in [1.82, 2.24) is 19.7 Å². The van der Waals surface area contributed by atoms with E-state index in [1.165, 1.54) is 0 Å². The fraction of sp³-hybridized carbons (Fsp3) is 0.0909. The van der Waals surface area contributed by atoms with Crippen molar-refractivity contribution in [3.8, 4) is 17.1 Å². The molecule has 0 fully saturated rings. The molecule has 0 aliphatic rings. The SMILES string of the molecule is O=C(CSc1nnc(-c2ccncc2)n1-c1ccc(Br)cc1)Nc1cc(C(F)(F)F)ccc1Cl. The van der Waals surface area contributed by atoms with Gasteiger partial charge in [0.05, 0.1) is 22.0 Å². The summed E-state index contributed by atoms with van der Waals surface area (Å²) in [6.45, 7) is 0. The minimum atomic E-state index is -4.55. The Morgan fingerprint density at radius 2 is 1.76 bits per heavy atom. The first-order valence-electron chi connectivity index (χ1n) is 9.63. The Labute approximate surface area is 209 Å². The highest BCUT2D eigenvalue weighted by molar-refractivity contribution is 9.10. The number of amides is 1. The topological polar surface area (TPSA) is 72.7 Å². The van der Waals surface area contributed by atoms with Crippen molar-refractivity contribution in [1.29, 1.82) is 0 Å². The first-order valence-corrected chi connectivity index (χ1v) is 11.8. The van der Waals surface area contributed by atoms with Gasteiger partial charge in [0.25, 0.3) is 0 Å². The van der Waals surface area contributed by atoms with Crippen LogP contribution in [-0.2, 0) is 11.0 Å². The van der Waals surface area contributed by atoms with Gasteiger partial charge in [-0.3, -0.25) is 14.3 Å². The normalized spacial score (nSPS) is 11.4. The molecule has 0 saturated carbocycles. The van der Waals surface area contributed by atoms with E-state index in [-0.39, 0.29) is 16.5 Å². The molecular weight excluding hydrogens is 555 g/mol. The van der Waals surface area contributed by atoms with Gasteiger partial charge in [0.15, 0.2) is 11.0 Å². The molecule has 0 radical (unpaired) electrons. The summed E-state index contributed by atoms with van der Waals surface area (Å²) < 4.78 is 41.7. The molecule has 12 heteroatoms. The predicted octanol–water partition coefficient (Wildman–Crippen LogP) is 6.49. The summed E-state index contributed by atoms with van der Waals surface area (Å²) in [7, 11) is 0. The molecule has 2 aromatic carbocycles. The Kier molecular flexibility index (Phi) is 7.24. The summed E-state index contributed by atoms with van der Waals surface area (Å²) in [6.07, 6.45) is -1.28. The van der Waals surface area contributed by atoms with Crippen molar-refractivity contribution in [2.45, 2.75) is 11.3 Å². The Hall–Kier alpha value is -2.89. The van der Waals surface area contributed by atoms with Crippen molar-refractivity contribution < 1.29 is 18.0 Å². The van der Waals surface area contributed by atoms with Crippen LogP contribution in [0.15, 0.2) is 76.6 Å². The molecule has 0 saturated heterocycles. The van der Waals surface area contributed by atoms with Gasteiger partial charge in [0.1, 0.15) is 0 Å². The zero-order valence-corrected chi connectivity index (χ0v) is 20.2. The number of anilines is 1. The summed E-state index contributed by atoms with van der Waals surface area (Å²) in [5.41, 5.74) is 0.520. The van der Waals surface area contributed by atoms with Crippen LogP contribution >= 0.6 is 39.3 Å². The third-order valence-corrected chi connectivity index (χ3v) is 6.34. The largest absolute Gasteiger partial charge is 0.416 e. The second-order valence-electron chi connectivity index (χ2n) is 6.88. The number of benzene rings is 2. The van der Waals surface area contributed by atoms with Gasteiger partial charge in [0, 0.05) is 28.1 Å². The second-order valence-corrected chi connectivity index (χ2v) is 9.15. The standard InChI is InChI=1S/C22H14BrClF3N5OS/c23-15-2-4-16(5-3-15)32-20(13-7-9-28-10-8-13)30-31-21(32)34-12-19(33)29-18-11-14(22(25,26)27)1-6-17(18)24/h1-11H,12H2,(H,29,33). The third-order valence-electron chi connectivity index (χ3n) is 4.56. The summed E-state index contributed by atoms with van der Waals surface area (Å²) in [6, 6.07) is 13.8. The lowest BCUT2D eigenvalue weighted by molar-refractivity contribution is -0.137. The van der Waals surface area contributed by atoms with Crippen molar-refractivity contribution in [3.63, 3.8) is 0 Å². The maximum atomic E-state index is 13.0. The number of hydrogen-bond donors (Lipinski definition) is 1. The molecule has 0 bridgehead atoms. The lowest BCUT2D eigenvalue weighted by Gasteiger charge is -2.12. The minimum Gasteiger partial charge on any atom is -0.324 e. The van der Waals surface area contributed by atoms with E-state index in [0.717, 1.165) is 45.7 Å². The third kappa shape index (κ3) is 5.60. The average Bonchev–Trinajstić information content (AvgIpc) is 3.23. The van der Waals surface area contributed by atoms with Gasteiger partial charge >= 0.3 is 6.18 Å². The molecule has 1 N–H and O–H groups in total. The van der Waals surface area contributed by atoms with E-state index >= 15 is 0 Å². The monoisotopic (exact) mass is 567 g/mol. The van der Waals surface area contributed by atoms with Gasteiger partial charge in [0.2, 0.25) is 5.91 Å². The van der Waals surface area contributed by atoms with E-state index in [2.05, 4.69) is 36.4 Å². The van der Waals surface area contributed by atoms with Crippen LogP contribution in [0.4, 0.5) is 18.9 Å². The van der Waals surface area contributed by atoms with Gasteiger partial charge in [-0.1, -0.05) is 39.3 Å². The summed E-state index contributed by atoms with van der Waals surface area (Å²) in [5.74, 6) is -0.118. The first kappa shape index (κ1) is 24.2. The fourth-order valence-corrected chi connectivity index (χ4v) is 4.17. The number of halogens is 5. The molecule has 0 aliphatic heterocycles. The molecule has 4 aromatic rings. The van der Waals surface area contributed by atoms with Crippen LogP contribution in [0.5, 0.6) is 0 Å². The number of rotatable bonds is 6. The van der Waals surface area contributed by atoms with Crippen molar-refractivity contribution in [2.75, 3.05) is 11.1 Å². The zero-order valence-electron chi connectivity index (χ0n) is 17.1. The van der Waals surface area contributed by atoms with E-state index in [0.29, 0.717) is 11.0 Å². The molecule has 6 nitrogen and oxygen atoms in total. The van der Waals surface area contributed by atoms with Crippen LogP contribution in [0.3, 0.4) is 0 Å². The Morgan fingerprint density at radius 1 is 1.06 bits per heavy atom. The molecule has 0 atom stereocenters. The van der Waals surface area contributed by atoms with Gasteiger partial charge in [-0.2, -0.15) is 13.2 Å². The molecule has 0 spiro atoms. The molecule has 2 heterocycles. The first-order chi connectivity index (χ1) is 16.2. The lowest BCUT2D eigenvalue weighted by Crippen LogP contribution is -2.16. The summed E-state index contributed by atoms with van der Waals surface area (Å²) in [4.78, 5) is 16.5. The van der Waals surface area contributed by atoms with Crippen molar-refractivity contribution in [2.24, 2.45) is 0 Å². The second kappa shape index (κ2) is 10.2. The number of nitrogens with one attached hydrogen (secondary N) is 1. The van der Waals surface area contributed by atoms with Crippen LogP contribution < -0.4 is 5.32 Å². The number of thioether (sulfide) groups is 1. The molecule has 174 valence electrons. The average molecular weight is 569 g/mol. The number of pyridine rings is 1. The minimum absolute atomic E-state index is 0.00403. The maximum Gasteiger partial charge on any atom is 0.416 e. The highest BCUT2D eigenvalue weighted by atomic mass is 79.9. The Balaban J connectivity index is 1.57. The molecular formula is C22H14BrClF3N5OS. The van der Waals surface area contributed by atoms with Gasteiger partial charge < -0.3 is 5.32 Å². The van der Waals surface area contributed by atoms with Crippen molar-refractivity contribution in [3.05, 3.63) is 82.0 Å². The fourth-order valence-electron chi connectivity index (χ4n) is 2.99. The number of aromatic nitrogens is 4. The summed E-state index contributed by atoms with van der Waals surface area (Å²) >= 11 is 10.5. The number of alkyl halides is 3. The van der Waals surface area contributed by atoms with E-state index < -0.39 is 17.6 Å². The van der Waals surface area contributed by atoms with Crippen molar-refractivity contribution >= 4 is 50.9 Å². The van der Waals surface area contributed by atoms with Crippen LogP contribution in [-0.4, -0.2) is 31.4 Å². The van der Waals surface area contributed by atoms with Crippen LogP contribution in [0, 0.1) is 0 Å². The summed E-state index contributed by atoms with van der Waals surface area (Å²) in [5, 5.41) is 11.4. The highest BCUT2D eigenvalue weighted by Crippen LogP contribution is 2.34. The van der Waals surface area contributed by atoms with Crippen LogP contribution in [0.2, 0.25) is 5.02 Å². The molecule has 1 amide bonds. The number of hydrogen-bond acceptors (Lipinski definition) is 5. The predicted molar refractivity (Wildman–Crippen MR) is 128 cm³/mol. The van der Waals surface area contributed by atoms with E-state index in [1.807, 2.05) is 24.3 Å². The van der Waals surface area contributed by atoms with Gasteiger partial charge in [-0.05, 0) is 54.6 Å². The zero-order chi connectivity index (χ0) is 24.3. The van der Waals surface area contributed by atoms with Gasteiger partial charge in [-0.15, -0.1) is 10.2 Å². The Morgan fingerprint density at radius 3 is 2.44 bits per heavy atom. The molecule has 0 unspecified atom stereocenters. The van der Waals surface area contributed by atoms with E-state index in [9.17, 15) is 18.0 Å². The number of carbonyl (C=O) groups excluding carboxylic acids is 1. The quantitative estimate of drug-likeness (QED) is 0.269. The molecule has 4 rings (SSSR count). The maximum absolute atomic E-state index is 13.0. The van der Waals surface area contributed by atoms with E-state index in [1.54, 1.807) is 29.1 Å². The van der Waals surface area contributed by atoms with Crippen LogP contribution in [0.1, 0.15) is 5.56 Å². The smallest absolute Gasteiger partial charge is 0.324 e. The number of carbonyl (C=O) groups is 1. The van der Waals surface area contributed by atoms with E-state index in [4.69, 9.17) is 11.6 Å².